The number of halogens is 1. The van der Waals surface area contributed by atoms with Crippen molar-refractivity contribution in [3.63, 3.8) is 0 Å². The van der Waals surface area contributed by atoms with Crippen molar-refractivity contribution in [1.29, 1.82) is 0 Å². The van der Waals surface area contributed by atoms with Gasteiger partial charge in [-0.05, 0) is 24.1 Å². The fraction of sp³-hybridized carbons (Fsp3) is 0.320. The van der Waals surface area contributed by atoms with E-state index in [2.05, 4.69) is 37.0 Å². The van der Waals surface area contributed by atoms with Gasteiger partial charge in [-0.3, -0.25) is 14.7 Å². The molecule has 1 fully saturated rings. The molecule has 1 saturated heterocycles. The van der Waals surface area contributed by atoms with E-state index in [4.69, 9.17) is 10.5 Å². The number of fused-ring (bicyclic) bond motifs is 1. The summed E-state index contributed by atoms with van der Waals surface area (Å²) in [5.74, 6) is 0.334. The minimum atomic E-state index is -0.466. The summed E-state index contributed by atoms with van der Waals surface area (Å²) >= 11 is 0. The molecule has 0 bridgehead atoms. The van der Waals surface area contributed by atoms with Gasteiger partial charge in [0.05, 0.1) is 25.9 Å². The molecule has 5 rings (SSSR count). The maximum absolute atomic E-state index is 14.0. The highest BCUT2D eigenvalue weighted by atomic mass is 19.1. The number of nitrogens with two attached hydrogens (primary N) is 1. The van der Waals surface area contributed by atoms with Crippen LogP contribution < -0.4 is 10.5 Å². The van der Waals surface area contributed by atoms with E-state index in [1.165, 1.54) is 6.07 Å². The van der Waals surface area contributed by atoms with Crippen molar-refractivity contribution < 1.29 is 13.9 Å². The summed E-state index contributed by atoms with van der Waals surface area (Å²) in [7, 11) is 1.83. The minimum absolute atomic E-state index is 0.136. The van der Waals surface area contributed by atoms with Crippen molar-refractivity contribution in [1.82, 2.24) is 34.3 Å². The Bertz CT molecular complexity index is 1410. The van der Waals surface area contributed by atoms with Crippen LogP contribution in [-0.4, -0.2) is 73.5 Å². The molecule has 1 aromatic carbocycles. The molecule has 3 aromatic heterocycles. The van der Waals surface area contributed by atoms with Crippen molar-refractivity contribution in [3.05, 3.63) is 59.7 Å². The third kappa shape index (κ3) is 4.82. The van der Waals surface area contributed by atoms with E-state index in [1.54, 1.807) is 11.1 Å². The van der Waals surface area contributed by atoms with Crippen molar-refractivity contribution in [2.45, 2.75) is 20.0 Å². The number of amides is 1. The number of imidazole rings is 1. The number of piperazine rings is 1. The highest BCUT2D eigenvalue weighted by Gasteiger charge is 2.22. The smallest absolute Gasteiger partial charge is 0.320 e. The number of aromatic nitrogens is 5. The van der Waals surface area contributed by atoms with Crippen LogP contribution in [0.5, 0.6) is 6.01 Å². The van der Waals surface area contributed by atoms with E-state index in [1.807, 2.05) is 30.7 Å². The molecule has 10 nitrogen and oxygen atoms in total. The number of benzene rings is 1. The van der Waals surface area contributed by atoms with Gasteiger partial charge in [0.25, 0.3) is 0 Å². The van der Waals surface area contributed by atoms with Crippen LogP contribution in [0.4, 0.5) is 10.2 Å². The molecule has 1 aliphatic heterocycles. The average molecular weight is 491 g/mol. The number of ether oxygens (including phenoxy) is 1. The van der Waals surface area contributed by atoms with Crippen LogP contribution in [0.2, 0.25) is 0 Å². The Hall–Kier alpha value is -4.12. The molecule has 1 aliphatic rings. The van der Waals surface area contributed by atoms with E-state index in [0.717, 1.165) is 30.4 Å². The molecule has 0 unspecified atom stereocenters. The first-order chi connectivity index (χ1) is 17.4. The fourth-order valence-corrected chi connectivity index (χ4v) is 4.23. The number of anilines is 1. The molecule has 186 valence electrons. The molecular formula is C25H27FN8O2. The Morgan fingerprint density at radius 1 is 1.06 bits per heavy atom. The van der Waals surface area contributed by atoms with Crippen molar-refractivity contribution in [2.24, 2.45) is 0 Å². The van der Waals surface area contributed by atoms with Gasteiger partial charge in [0.2, 0.25) is 5.91 Å². The molecule has 4 heterocycles. The Morgan fingerprint density at radius 3 is 2.50 bits per heavy atom. The van der Waals surface area contributed by atoms with Gasteiger partial charge in [-0.15, -0.1) is 0 Å². The number of likely N-dealkylation sites (N-methyl/N-ethyl adjacent to an activating group) is 1. The van der Waals surface area contributed by atoms with Gasteiger partial charge in [-0.2, -0.15) is 9.97 Å². The van der Waals surface area contributed by atoms with Gasteiger partial charge < -0.3 is 19.9 Å². The third-order valence-corrected chi connectivity index (χ3v) is 6.14. The van der Waals surface area contributed by atoms with Gasteiger partial charge in [0, 0.05) is 38.4 Å². The van der Waals surface area contributed by atoms with Crippen LogP contribution in [0.3, 0.4) is 0 Å². The predicted molar refractivity (Wildman–Crippen MR) is 133 cm³/mol. The van der Waals surface area contributed by atoms with Crippen LogP contribution in [0.15, 0.2) is 42.7 Å². The first kappa shape index (κ1) is 23.6. The van der Waals surface area contributed by atoms with Gasteiger partial charge in [-0.25, -0.2) is 9.37 Å². The average Bonchev–Trinajstić information content (AvgIpc) is 3.22. The maximum Gasteiger partial charge on any atom is 0.320 e. The number of pyridine rings is 1. The second kappa shape index (κ2) is 9.86. The van der Waals surface area contributed by atoms with Crippen LogP contribution in [0.25, 0.3) is 22.6 Å². The Kier molecular flexibility index (Phi) is 6.47. The van der Waals surface area contributed by atoms with Crippen LogP contribution in [-0.2, 0) is 17.9 Å². The first-order valence-corrected chi connectivity index (χ1v) is 11.7. The largest absolute Gasteiger partial charge is 0.464 e. The van der Waals surface area contributed by atoms with E-state index in [9.17, 15) is 9.18 Å². The van der Waals surface area contributed by atoms with Crippen LogP contribution in [0, 0.1) is 5.82 Å². The van der Waals surface area contributed by atoms with E-state index < -0.39 is 5.82 Å². The second-order valence-corrected chi connectivity index (χ2v) is 8.75. The maximum atomic E-state index is 14.0. The molecule has 0 spiro atoms. The standard InChI is InChI=1S/C25H27FN8O2/c1-3-36-25-30-22(27)21-24(31-25)34(23(29-21)18-10-19(26)12-28-11-18)14-17-6-4-16(5-7-17)13-33-9-8-32(2)20(35)15-33/h4-7,10-12H,3,8-9,13-15H2,1-2H3,(H2,27,30,31). The SMILES string of the molecule is CCOc1nc(N)c2nc(-c3cncc(F)c3)n(Cc3ccc(CN4CCN(C)C(=O)C4)cc3)c2n1. The van der Waals surface area contributed by atoms with E-state index >= 15 is 0 Å². The summed E-state index contributed by atoms with van der Waals surface area (Å²) in [6.45, 7) is 5.35. The lowest BCUT2D eigenvalue weighted by Crippen LogP contribution is -2.47. The zero-order chi connectivity index (χ0) is 25.2. The molecular weight excluding hydrogens is 463 g/mol. The van der Waals surface area contributed by atoms with Crippen molar-refractivity contribution >= 4 is 22.9 Å². The predicted octanol–water partition coefficient (Wildman–Crippen LogP) is 2.33. The zero-order valence-electron chi connectivity index (χ0n) is 20.2. The molecule has 0 saturated carbocycles. The molecule has 4 aromatic rings. The molecule has 36 heavy (non-hydrogen) atoms. The monoisotopic (exact) mass is 490 g/mol. The summed E-state index contributed by atoms with van der Waals surface area (Å²) in [6, 6.07) is 9.69. The second-order valence-electron chi connectivity index (χ2n) is 8.75. The fourth-order valence-electron chi connectivity index (χ4n) is 4.23. The van der Waals surface area contributed by atoms with Crippen molar-refractivity contribution in [2.75, 3.05) is 39.0 Å². The van der Waals surface area contributed by atoms with Gasteiger partial charge >= 0.3 is 6.01 Å². The topological polar surface area (TPSA) is 115 Å². The third-order valence-electron chi connectivity index (χ3n) is 6.14. The van der Waals surface area contributed by atoms with Crippen LogP contribution >= 0.6 is 0 Å². The number of rotatable bonds is 7. The lowest BCUT2D eigenvalue weighted by Gasteiger charge is -2.31. The number of nitrogen functional groups attached to an aromatic ring is 1. The Labute approximate surface area is 207 Å². The van der Waals surface area contributed by atoms with Crippen LogP contribution in [0.1, 0.15) is 18.1 Å². The first-order valence-electron chi connectivity index (χ1n) is 11.7. The van der Waals surface area contributed by atoms with Gasteiger partial charge in [-0.1, -0.05) is 24.3 Å². The highest BCUT2D eigenvalue weighted by Crippen LogP contribution is 2.28. The number of carbonyl (C=O) groups is 1. The lowest BCUT2D eigenvalue weighted by molar-refractivity contribution is -0.134. The number of hydrogen-bond acceptors (Lipinski definition) is 8. The molecule has 0 atom stereocenters. The number of hydrogen-bond donors (Lipinski definition) is 1. The highest BCUT2D eigenvalue weighted by molar-refractivity contribution is 5.86. The minimum Gasteiger partial charge on any atom is -0.464 e. The van der Waals surface area contributed by atoms with Gasteiger partial charge in [0.1, 0.15) is 11.6 Å². The summed E-state index contributed by atoms with van der Waals surface area (Å²) in [5, 5.41) is 0. The molecule has 1 amide bonds. The van der Waals surface area contributed by atoms with E-state index in [0.29, 0.717) is 48.8 Å². The molecule has 0 radical (unpaired) electrons. The quantitative estimate of drug-likeness (QED) is 0.420. The lowest BCUT2D eigenvalue weighted by atomic mass is 10.1. The summed E-state index contributed by atoms with van der Waals surface area (Å²) in [4.78, 5) is 33.2. The summed E-state index contributed by atoms with van der Waals surface area (Å²) in [5.41, 5.74) is 9.68. The zero-order valence-corrected chi connectivity index (χ0v) is 20.2. The summed E-state index contributed by atoms with van der Waals surface area (Å²) in [6.07, 6.45) is 2.69. The number of carbonyl (C=O) groups excluding carboxylic acids is 1. The molecule has 11 heteroatoms. The van der Waals surface area contributed by atoms with Crippen molar-refractivity contribution in [3.8, 4) is 17.4 Å². The Morgan fingerprint density at radius 2 is 1.81 bits per heavy atom. The molecule has 2 N–H and O–H groups in total. The van der Waals surface area contributed by atoms with Gasteiger partial charge in [0.15, 0.2) is 17.0 Å². The van der Waals surface area contributed by atoms with E-state index in [-0.39, 0.29) is 17.7 Å². The Balaban J connectivity index is 1.47. The normalized spacial score (nSPS) is 14.5. The molecule has 0 aliphatic carbocycles. The number of nitrogens with zero attached hydrogens (tertiary/aromatic N) is 7. The summed E-state index contributed by atoms with van der Waals surface area (Å²) < 4.78 is 21.3.